The number of rotatable bonds is 10. The highest BCUT2D eigenvalue weighted by Crippen LogP contribution is 2.22. The number of hydrogen-bond acceptors (Lipinski definition) is 4. The summed E-state index contributed by atoms with van der Waals surface area (Å²) < 4.78 is 17.2. The molecule has 0 amide bonds. The molecule has 34 heavy (non-hydrogen) atoms. The molecule has 4 rings (SSSR count). The topological polar surface area (TPSA) is 43.0 Å². The highest BCUT2D eigenvalue weighted by Gasteiger charge is 2.13. The molecule has 6 heteroatoms. The minimum atomic E-state index is 0.684. The van der Waals surface area contributed by atoms with Gasteiger partial charge in [0.2, 0.25) is 0 Å². The lowest BCUT2D eigenvalue weighted by molar-refractivity contribution is 0.0690. The molecule has 178 valence electrons. The third-order valence-electron chi connectivity index (χ3n) is 5.67. The summed E-state index contributed by atoms with van der Waals surface area (Å²) in [5.41, 5.74) is 3.36. The van der Waals surface area contributed by atoms with E-state index in [4.69, 9.17) is 26.4 Å². The van der Waals surface area contributed by atoms with E-state index >= 15 is 0 Å². The third-order valence-corrected chi connectivity index (χ3v) is 6.03. The molecule has 0 aromatic heterocycles. The summed E-state index contributed by atoms with van der Waals surface area (Å²) in [5, 5.41) is 4.04. The first kappa shape index (κ1) is 24.0. The number of benzene rings is 3. The lowest BCUT2D eigenvalue weighted by Gasteiger charge is -2.29. The van der Waals surface area contributed by atoms with Gasteiger partial charge in [0.15, 0.2) is 5.11 Å². The van der Waals surface area contributed by atoms with Crippen LogP contribution in [0.5, 0.6) is 11.5 Å². The minimum absolute atomic E-state index is 0.684. The van der Waals surface area contributed by atoms with Crippen molar-refractivity contribution in [1.29, 1.82) is 0 Å². The van der Waals surface area contributed by atoms with E-state index in [2.05, 4.69) is 46.6 Å². The second-order valence-corrected chi connectivity index (χ2v) is 8.59. The third kappa shape index (κ3) is 7.47. The lowest BCUT2D eigenvalue weighted by atomic mass is 10.1. The molecule has 1 fully saturated rings. The molecule has 0 saturated carbocycles. The van der Waals surface area contributed by atoms with Crippen LogP contribution in [0.3, 0.4) is 0 Å². The first-order valence-corrected chi connectivity index (χ1v) is 12.3. The van der Waals surface area contributed by atoms with Crippen molar-refractivity contribution >= 4 is 23.0 Å². The van der Waals surface area contributed by atoms with Gasteiger partial charge in [0.25, 0.3) is 0 Å². The summed E-state index contributed by atoms with van der Waals surface area (Å²) in [6.07, 6.45) is 3.04. The summed E-state index contributed by atoms with van der Waals surface area (Å²) in [5.74, 6) is 1.76. The maximum Gasteiger partial charge on any atom is 0.173 e. The van der Waals surface area contributed by atoms with Gasteiger partial charge in [-0.05, 0) is 66.9 Å². The van der Waals surface area contributed by atoms with E-state index in [0.29, 0.717) is 13.2 Å². The van der Waals surface area contributed by atoms with E-state index in [9.17, 15) is 0 Å². The van der Waals surface area contributed by atoms with Crippen LogP contribution in [0.15, 0.2) is 78.9 Å². The predicted molar refractivity (Wildman–Crippen MR) is 142 cm³/mol. The summed E-state index contributed by atoms with van der Waals surface area (Å²) in [6, 6.07) is 26.6. The van der Waals surface area contributed by atoms with E-state index in [0.717, 1.165) is 67.9 Å². The Morgan fingerprint density at radius 1 is 0.765 bits per heavy atom. The van der Waals surface area contributed by atoms with Crippen molar-refractivity contribution in [3.05, 3.63) is 78.9 Å². The molecule has 0 atom stereocenters. The summed E-state index contributed by atoms with van der Waals surface area (Å²) in [6.45, 7) is 4.48. The van der Waals surface area contributed by atoms with Gasteiger partial charge in [0.1, 0.15) is 11.5 Å². The zero-order chi connectivity index (χ0) is 23.4. The molecule has 3 aromatic carbocycles. The number of nitrogens with zero attached hydrogens (tertiary/aromatic N) is 1. The van der Waals surface area contributed by atoms with Gasteiger partial charge in [0, 0.05) is 24.8 Å². The molecule has 0 aliphatic carbocycles. The molecule has 1 aliphatic heterocycles. The second kappa shape index (κ2) is 13.0. The monoisotopic (exact) mass is 476 g/mol. The molecule has 3 aromatic rings. The van der Waals surface area contributed by atoms with Crippen LogP contribution in [-0.2, 0) is 4.74 Å². The van der Waals surface area contributed by atoms with Crippen LogP contribution in [0.4, 0.5) is 5.69 Å². The van der Waals surface area contributed by atoms with Crippen LogP contribution in [0.2, 0.25) is 0 Å². The van der Waals surface area contributed by atoms with Crippen LogP contribution < -0.4 is 14.8 Å². The van der Waals surface area contributed by atoms with E-state index in [1.54, 1.807) is 0 Å². The van der Waals surface area contributed by atoms with E-state index < -0.39 is 0 Å². The Morgan fingerprint density at radius 3 is 2.18 bits per heavy atom. The Bertz CT molecular complexity index is 1020. The van der Waals surface area contributed by atoms with Crippen LogP contribution in [-0.4, -0.2) is 49.5 Å². The zero-order valence-electron chi connectivity index (χ0n) is 19.4. The molecule has 0 bridgehead atoms. The van der Waals surface area contributed by atoms with Crippen LogP contribution in [0.25, 0.3) is 11.1 Å². The molecule has 0 unspecified atom stereocenters. The first-order valence-electron chi connectivity index (χ1n) is 11.9. The van der Waals surface area contributed by atoms with Gasteiger partial charge in [-0.15, -0.1) is 0 Å². The largest absolute Gasteiger partial charge is 0.494 e. The van der Waals surface area contributed by atoms with E-state index in [1.165, 1.54) is 11.1 Å². The van der Waals surface area contributed by atoms with Crippen molar-refractivity contribution in [2.75, 3.05) is 44.8 Å². The number of anilines is 1. The summed E-state index contributed by atoms with van der Waals surface area (Å²) >= 11 is 5.52. The summed E-state index contributed by atoms with van der Waals surface area (Å²) in [7, 11) is 0. The number of ether oxygens (including phenoxy) is 3. The van der Waals surface area contributed by atoms with Gasteiger partial charge >= 0.3 is 0 Å². The lowest BCUT2D eigenvalue weighted by Crippen LogP contribution is -2.42. The standard InChI is InChI=1S/C28H32N2O3S/c34-28(30-16-20-31-21-17-30)29-25-10-7-11-27(22-25)33-19-6-2-5-18-32-26-14-12-24(13-15-26)23-8-3-1-4-9-23/h1,3-4,7-15,22H,2,5-6,16-21H2,(H,29,34). The fraction of sp³-hybridized carbons (Fsp3) is 0.321. The fourth-order valence-electron chi connectivity index (χ4n) is 3.77. The molecule has 0 spiro atoms. The van der Waals surface area contributed by atoms with Gasteiger partial charge in [-0.1, -0.05) is 48.5 Å². The average Bonchev–Trinajstić information content (AvgIpc) is 2.90. The second-order valence-electron chi connectivity index (χ2n) is 8.21. The molecular formula is C28H32N2O3S. The molecular weight excluding hydrogens is 444 g/mol. The average molecular weight is 477 g/mol. The minimum Gasteiger partial charge on any atom is -0.494 e. The number of hydrogen-bond donors (Lipinski definition) is 1. The Hall–Kier alpha value is -3.09. The van der Waals surface area contributed by atoms with Crippen molar-refractivity contribution in [2.45, 2.75) is 19.3 Å². The van der Waals surface area contributed by atoms with E-state index in [1.807, 2.05) is 42.5 Å². The zero-order valence-corrected chi connectivity index (χ0v) is 20.3. The predicted octanol–water partition coefficient (Wildman–Crippen LogP) is 6.01. The van der Waals surface area contributed by atoms with Crippen molar-refractivity contribution < 1.29 is 14.2 Å². The van der Waals surface area contributed by atoms with Crippen molar-refractivity contribution in [2.24, 2.45) is 0 Å². The number of unbranched alkanes of at least 4 members (excludes halogenated alkanes) is 2. The molecule has 1 heterocycles. The molecule has 1 aliphatic rings. The van der Waals surface area contributed by atoms with Crippen LogP contribution in [0.1, 0.15) is 19.3 Å². The SMILES string of the molecule is S=C(Nc1cccc(OCCCCCOc2ccc(-c3ccccc3)cc2)c1)N1CCOCC1. The number of thiocarbonyl (C=S) groups is 1. The molecule has 1 N–H and O–H groups in total. The van der Waals surface area contributed by atoms with Crippen molar-refractivity contribution in [1.82, 2.24) is 4.90 Å². The van der Waals surface area contributed by atoms with Gasteiger partial charge in [-0.2, -0.15) is 0 Å². The normalized spacial score (nSPS) is 13.4. The van der Waals surface area contributed by atoms with Gasteiger partial charge in [-0.3, -0.25) is 0 Å². The van der Waals surface area contributed by atoms with Crippen molar-refractivity contribution in [3.8, 4) is 22.6 Å². The van der Waals surface area contributed by atoms with E-state index in [-0.39, 0.29) is 0 Å². The molecule has 0 radical (unpaired) electrons. The Kier molecular flexibility index (Phi) is 9.17. The molecule has 1 saturated heterocycles. The quantitative estimate of drug-likeness (QED) is 0.286. The van der Waals surface area contributed by atoms with Gasteiger partial charge < -0.3 is 24.4 Å². The van der Waals surface area contributed by atoms with Gasteiger partial charge in [-0.25, -0.2) is 0 Å². The number of nitrogens with one attached hydrogen (secondary N) is 1. The Balaban J connectivity index is 1.10. The summed E-state index contributed by atoms with van der Waals surface area (Å²) in [4.78, 5) is 2.13. The number of morpholine rings is 1. The molecule has 5 nitrogen and oxygen atoms in total. The highest BCUT2D eigenvalue weighted by atomic mass is 32.1. The van der Waals surface area contributed by atoms with Crippen LogP contribution >= 0.6 is 12.2 Å². The maximum absolute atomic E-state index is 5.94. The first-order chi connectivity index (χ1) is 16.8. The maximum atomic E-state index is 5.94. The van der Waals surface area contributed by atoms with Crippen LogP contribution in [0, 0.1) is 0 Å². The smallest absolute Gasteiger partial charge is 0.173 e. The Morgan fingerprint density at radius 2 is 1.44 bits per heavy atom. The highest BCUT2D eigenvalue weighted by molar-refractivity contribution is 7.80. The Labute approximate surface area is 207 Å². The fourth-order valence-corrected chi connectivity index (χ4v) is 4.07. The van der Waals surface area contributed by atoms with Crippen molar-refractivity contribution in [3.63, 3.8) is 0 Å². The van der Waals surface area contributed by atoms with Gasteiger partial charge in [0.05, 0.1) is 26.4 Å².